The second kappa shape index (κ2) is 8.73. The molecule has 4 heteroatoms. The van der Waals surface area contributed by atoms with E-state index >= 15 is 0 Å². The van der Waals surface area contributed by atoms with Crippen molar-refractivity contribution in [3.05, 3.63) is 74.9 Å². The van der Waals surface area contributed by atoms with Crippen LogP contribution in [0.4, 0.5) is 10.1 Å². The highest BCUT2D eigenvalue weighted by Crippen LogP contribution is 2.53. The molecule has 3 rings (SSSR count). The minimum absolute atomic E-state index is 0.236. The minimum atomic E-state index is -1.30. The van der Waals surface area contributed by atoms with Crippen molar-refractivity contribution in [1.29, 1.82) is 0 Å². The fourth-order valence-electron chi connectivity index (χ4n) is 4.76. The van der Waals surface area contributed by atoms with Gasteiger partial charge in [-0.05, 0) is 100 Å². The van der Waals surface area contributed by atoms with Gasteiger partial charge in [0.15, 0.2) is 5.69 Å². The van der Waals surface area contributed by atoms with Crippen molar-refractivity contribution in [2.24, 2.45) is 5.92 Å². The predicted octanol–water partition coefficient (Wildman–Crippen LogP) is 7.00. The van der Waals surface area contributed by atoms with E-state index in [2.05, 4.69) is 37.6 Å². The van der Waals surface area contributed by atoms with Gasteiger partial charge in [-0.15, -0.1) is 0 Å². The molecule has 0 fully saturated rings. The molecule has 0 spiro atoms. The summed E-state index contributed by atoms with van der Waals surface area (Å²) >= 11 is 0. The average molecular weight is 424 g/mol. The first-order valence-electron chi connectivity index (χ1n) is 11.5. The number of hydrogen-bond donors (Lipinski definition) is 0. The molecule has 0 aromatic heterocycles. The van der Waals surface area contributed by atoms with Crippen LogP contribution in [0.25, 0.3) is 4.85 Å². The lowest BCUT2D eigenvalue weighted by Crippen LogP contribution is -2.36. The molecule has 0 radical (unpaired) electrons. The molecule has 0 saturated heterocycles. The molecule has 0 aliphatic carbocycles. The second-order valence-corrected chi connectivity index (χ2v) is 9.47. The summed E-state index contributed by atoms with van der Waals surface area (Å²) in [6.45, 7) is 22.4. The molecule has 3 atom stereocenters. The SMILES string of the molecule is [2H]C1(C)O[C@@](CC(C)CN(C)C(C)C)(c2ccc(F)c(C)c2C)c2cc(C)c([N+]#[C-])cc21. The van der Waals surface area contributed by atoms with Gasteiger partial charge in [-0.1, -0.05) is 25.1 Å². The van der Waals surface area contributed by atoms with Crippen LogP contribution in [-0.4, -0.2) is 24.5 Å². The molecule has 0 N–H and O–H groups in total. The summed E-state index contributed by atoms with van der Waals surface area (Å²) in [6, 6.07) is 7.57. The van der Waals surface area contributed by atoms with E-state index in [0.717, 1.165) is 34.4 Å². The largest absolute Gasteiger partial charge is 0.358 e. The molecule has 2 unspecified atom stereocenters. The van der Waals surface area contributed by atoms with Crippen LogP contribution in [0, 0.1) is 39.1 Å². The predicted molar refractivity (Wildman–Crippen MR) is 125 cm³/mol. The molecule has 166 valence electrons. The Morgan fingerprint density at radius 1 is 1.19 bits per heavy atom. The van der Waals surface area contributed by atoms with Crippen molar-refractivity contribution >= 4 is 5.69 Å². The van der Waals surface area contributed by atoms with Crippen molar-refractivity contribution in [3.63, 3.8) is 0 Å². The van der Waals surface area contributed by atoms with Gasteiger partial charge in [0, 0.05) is 12.6 Å². The number of aryl methyl sites for hydroxylation is 1. The topological polar surface area (TPSA) is 16.8 Å². The van der Waals surface area contributed by atoms with Crippen molar-refractivity contribution in [1.82, 2.24) is 4.90 Å². The highest BCUT2D eigenvalue weighted by molar-refractivity contribution is 5.61. The van der Waals surface area contributed by atoms with Gasteiger partial charge >= 0.3 is 0 Å². The second-order valence-electron chi connectivity index (χ2n) is 9.47. The third kappa shape index (κ3) is 4.14. The van der Waals surface area contributed by atoms with Gasteiger partial charge in [0.2, 0.25) is 0 Å². The van der Waals surface area contributed by atoms with Crippen LogP contribution in [0.15, 0.2) is 24.3 Å². The third-order valence-electron chi connectivity index (χ3n) is 6.87. The fourth-order valence-corrected chi connectivity index (χ4v) is 4.76. The first-order chi connectivity index (χ1) is 14.8. The summed E-state index contributed by atoms with van der Waals surface area (Å²) in [5.74, 6) is 0.0233. The van der Waals surface area contributed by atoms with Gasteiger partial charge in [0.25, 0.3) is 0 Å². The molecule has 0 saturated carbocycles. The third-order valence-corrected chi connectivity index (χ3v) is 6.87. The van der Waals surface area contributed by atoms with Gasteiger partial charge in [-0.25, -0.2) is 9.24 Å². The lowest BCUT2D eigenvalue weighted by Gasteiger charge is -2.37. The van der Waals surface area contributed by atoms with Crippen LogP contribution >= 0.6 is 0 Å². The normalized spacial score (nSPS) is 24.3. The Morgan fingerprint density at radius 3 is 2.48 bits per heavy atom. The Labute approximate surface area is 188 Å². The maximum atomic E-state index is 14.4. The minimum Gasteiger partial charge on any atom is -0.358 e. The van der Waals surface area contributed by atoms with Crippen LogP contribution in [0.3, 0.4) is 0 Å². The first kappa shape index (κ1) is 22.0. The quantitative estimate of drug-likeness (QED) is 0.465. The van der Waals surface area contributed by atoms with Crippen molar-refractivity contribution in [2.75, 3.05) is 13.6 Å². The Hall–Kier alpha value is -2.22. The number of nitrogens with zero attached hydrogens (tertiary/aromatic N) is 2. The van der Waals surface area contributed by atoms with Crippen molar-refractivity contribution in [3.8, 4) is 0 Å². The van der Waals surface area contributed by atoms with Crippen LogP contribution in [-0.2, 0) is 10.3 Å². The monoisotopic (exact) mass is 423 g/mol. The number of rotatable bonds is 6. The molecule has 1 aliphatic heterocycles. The molecule has 0 bridgehead atoms. The smallest absolute Gasteiger partial charge is 0.190 e. The molecule has 0 amide bonds. The first-order valence-corrected chi connectivity index (χ1v) is 11.0. The van der Waals surface area contributed by atoms with E-state index in [4.69, 9.17) is 12.7 Å². The standard InChI is InChI=1S/C27H35FN2O/c1-16(2)30(9)15-17(3)14-27(23-10-11-25(28)20(6)19(23)5)24-12-18(4)26(29-8)13-22(24)21(7)31-27/h10-13,16-17,21H,14-15H2,1-7,9H3/t17?,21?,27-/m0/s1/i21D. The number of hydrogen-bond acceptors (Lipinski definition) is 2. The maximum absolute atomic E-state index is 14.4. The van der Waals surface area contributed by atoms with Gasteiger partial charge in [0.05, 0.1) is 14.0 Å². The number of halogens is 1. The van der Waals surface area contributed by atoms with Crippen LogP contribution in [0.5, 0.6) is 0 Å². The molecule has 1 aliphatic rings. The summed E-state index contributed by atoms with van der Waals surface area (Å²) in [4.78, 5) is 5.96. The van der Waals surface area contributed by atoms with E-state index in [1.54, 1.807) is 13.8 Å². The Kier molecular flexibility index (Phi) is 6.19. The zero-order valence-electron chi connectivity index (χ0n) is 21.1. The highest BCUT2D eigenvalue weighted by Gasteiger charge is 2.47. The van der Waals surface area contributed by atoms with E-state index < -0.39 is 11.7 Å². The Morgan fingerprint density at radius 2 is 1.87 bits per heavy atom. The van der Waals surface area contributed by atoms with Crippen LogP contribution < -0.4 is 0 Å². The van der Waals surface area contributed by atoms with Crippen LogP contribution in [0.1, 0.15) is 74.9 Å². The lowest BCUT2D eigenvalue weighted by molar-refractivity contribution is -0.0567. The van der Waals surface area contributed by atoms with Crippen molar-refractivity contribution in [2.45, 2.75) is 72.6 Å². The zero-order valence-corrected chi connectivity index (χ0v) is 20.1. The average Bonchev–Trinajstić information content (AvgIpc) is 2.91. The van der Waals surface area contributed by atoms with Crippen LogP contribution in [0.2, 0.25) is 0 Å². The van der Waals surface area contributed by atoms with E-state index in [1.165, 1.54) is 6.07 Å². The fraction of sp³-hybridized carbons (Fsp3) is 0.519. The number of ether oxygens (including phenoxy) is 1. The summed E-state index contributed by atoms with van der Waals surface area (Å²) in [6.07, 6.45) is -0.644. The molecular formula is C27H35FN2O. The van der Waals surface area contributed by atoms with E-state index in [0.29, 0.717) is 23.7 Å². The molecular weight excluding hydrogens is 387 g/mol. The number of fused-ring (bicyclic) bond motifs is 1. The van der Waals surface area contributed by atoms with Gasteiger partial charge < -0.3 is 9.64 Å². The maximum Gasteiger partial charge on any atom is 0.190 e. The van der Waals surface area contributed by atoms with E-state index in [1.807, 2.05) is 32.0 Å². The summed E-state index contributed by atoms with van der Waals surface area (Å²) in [5, 5.41) is 0. The lowest BCUT2D eigenvalue weighted by atomic mass is 9.76. The number of benzene rings is 2. The zero-order chi connectivity index (χ0) is 24.0. The Balaban J connectivity index is 2.26. The summed E-state index contributed by atoms with van der Waals surface area (Å²) in [7, 11) is 2.12. The molecule has 2 aromatic carbocycles. The molecule has 1 heterocycles. The van der Waals surface area contributed by atoms with Crippen molar-refractivity contribution < 1.29 is 10.5 Å². The Bertz CT molecular complexity index is 1070. The van der Waals surface area contributed by atoms with E-state index in [-0.39, 0.29) is 11.7 Å². The molecule has 31 heavy (non-hydrogen) atoms. The van der Waals surface area contributed by atoms with E-state index in [9.17, 15) is 4.39 Å². The molecule has 2 aromatic rings. The molecule has 3 nitrogen and oxygen atoms in total. The summed E-state index contributed by atoms with van der Waals surface area (Å²) in [5.41, 5.74) is 4.54. The highest BCUT2D eigenvalue weighted by atomic mass is 19.1. The van der Waals surface area contributed by atoms with Gasteiger partial charge in [-0.2, -0.15) is 0 Å². The summed E-state index contributed by atoms with van der Waals surface area (Å²) < 4.78 is 30.1. The van der Waals surface area contributed by atoms with Gasteiger partial charge in [-0.3, -0.25) is 0 Å². The van der Waals surface area contributed by atoms with Gasteiger partial charge in [0.1, 0.15) is 11.4 Å².